The topological polar surface area (TPSA) is 128 Å². The number of allylic oxidation sites excluding steroid dienone is 1. The van der Waals surface area contributed by atoms with E-state index < -0.39 is 36.4 Å². The smallest absolute Gasteiger partial charge is 0.252 e. The molecule has 0 saturated carbocycles. The van der Waals surface area contributed by atoms with E-state index in [1.807, 2.05) is 20.8 Å². The van der Waals surface area contributed by atoms with Crippen molar-refractivity contribution in [3.8, 4) is 0 Å². The molecule has 1 rings (SSSR count). The molecule has 0 bridgehead atoms. The van der Waals surface area contributed by atoms with Crippen LogP contribution in [-0.2, 0) is 14.3 Å². The summed E-state index contributed by atoms with van der Waals surface area (Å²) in [6.07, 6.45) is -2.54. The molecule has 1 heterocycles. The van der Waals surface area contributed by atoms with Gasteiger partial charge in [-0.1, -0.05) is 32.9 Å². The van der Waals surface area contributed by atoms with Crippen molar-refractivity contribution in [2.75, 3.05) is 13.7 Å². The zero-order chi connectivity index (χ0) is 18.5. The average molecular weight is 344 g/mol. The van der Waals surface area contributed by atoms with Gasteiger partial charge in [0.1, 0.15) is 24.4 Å². The van der Waals surface area contributed by atoms with Crippen molar-refractivity contribution in [1.82, 2.24) is 10.6 Å². The molecule has 1 saturated heterocycles. The number of rotatable bonds is 7. The summed E-state index contributed by atoms with van der Waals surface area (Å²) in [5.41, 5.74) is -0.209. The van der Waals surface area contributed by atoms with Gasteiger partial charge >= 0.3 is 0 Å². The Morgan fingerprint density at radius 1 is 1.33 bits per heavy atom. The maximum Gasteiger partial charge on any atom is 0.252 e. The number of hydrogen-bond donors (Lipinski definition) is 5. The molecule has 1 fully saturated rings. The highest BCUT2D eigenvalue weighted by Gasteiger charge is 2.37. The molecule has 0 spiro atoms. The number of hydrogen-bond acceptors (Lipinski definition) is 6. The van der Waals surface area contributed by atoms with Crippen LogP contribution in [0.1, 0.15) is 27.2 Å². The van der Waals surface area contributed by atoms with Gasteiger partial charge in [0.25, 0.3) is 5.91 Å². The van der Waals surface area contributed by atoms with Crippen molar-refractivity contribution in [2.24, 2.45) is 5.41 Å². The minimum Gasteiger partial charge on any atom is -0.387 e. The van der Waals surface area contributed by atoms with E-state index in [0.717, 1.165) is 0 Å². The van der Waals surface area contributed by atoms with Gasteiger partial charge in [-0.15, -0.1) is 0 Å². The lowest BCUT2D eigenvalue weighted by Crippen LogP contribution is -2.54. The second-order valence-corrected chi connectivity index (χ2v) is 6.99. The van der Waals surface area contributed by atoms with Gasteiger partial charge in [-0.3, -0.25) is 9.59 Å². The maximum absolute atomic E-state index is 12.2. The first-order valence-electron chi connectivity index (χ1n) is 7.91. The molecule has 8 heteroatoms. The van der Waals surface area contributed by atoms with Crippen LogP contribution in [0.25, 0.3) is 0 Å². The van der Waals surface area contributed by atoms with E-state index in [1.165, 1.54) is 13.2 Å². The predicted molar refractivity (Wildman–Crippen MR) is 87.0 cm³/mol. The Kier molecular flexibility index (Phi) is 7.34. The van der Waals surface area contributed by atoms with Crippen LogP contribution < -0.4 is 10.6 Å². The summed E-state index contributed by atoms with van der Waals surface area (Å²) >= 11 is 0. The molecule has 1 aliphatic heterocycles. The lowest BCUT2D eigenvalue weighted by Gasteiger charge is -2.27. The van der Waals surface area contributed by atoms with E-state index in [2.05, 4.69) is 10.6 Å². The zero-order valence-electron chi connectivity index (χ0n) is 14.5. The second kappa shape index (κ2) is 8.57. The molecule has 138 valence electrons. The van der Waals surface area contributed by atoms with Crippen LogP contribution in [0.4, 0.5) is 0 Å². The first kappa shape index (κ1) is 20.6. The van der Waals surface area contributed by atoms with Crippen LogP contribution in [0.15, 0.2) is 12.2 Å². The van der Waals surface area contributed by atoms with Crippen LogP contribution in [0, 0.1) is 5.41 Å². The van der Waals surface area contributed by atoms with Crippen molar-refractivity contribution >= 4 is 11.8 Å². The highest BCUT2D eigenvalue weighted by Crippen LogP contribution is 2.17. The van der Waals surface area contributed by atoms with Crippen LogP contribution in [-0.4, -0.2) is 71.2 Å². The highest BCUT2D eigenvalue weighted by atomic mass is 16.5. The first-order valence-corrected chi connectivity index (χ1v) is 7.91. The number of ether oxygens (including phenoxy) is 1. The zero-order valence-corrected chi connectivity index (χ0v) is 14.5. The third-order valence-electron chi connectivity index (χ3n) is 3.68. The van der Waals surface area contributed by atoms with E-state index in [4.69, 9.17) is 4.74 Å². The molecule has 5 N–H and O–H groups in total. The molecule has 2 amide bonds. The molecule has 0 aliphatic carbocycles. The van der Waals surface area contributed by atoms with Gasteiger partial charge in [0.15, 0.2) is 6.10 Å². The fourth-order valence-corrected chi connectivity index (χ4v) is 2.27. The molecular weight excluding hydrogens is 316 g/mol. The number of carbonyl (C=O) groups is 2. The molecule has 0 radical (unpaired) electrons. The fraction of sp³-hybridized carbons (Fsp3) is 0.750. The Labute approximate surface area is 141 Å². The summed E-state index contributed by atoms with van der Waals surface area (Å²) in [5, 5.41) is 35.2. The molecule has 1 aliphatic rings. The Balaban J connectivity index is 2.69. The van der Waals surface area contributed by atoms with Crippen molar-refractivity contribution in [3.05, 3.63) is 12.2 Å². The third kappa shape index (κ3) is 5.86. The quantitative estimate of drug-likeness (QED) is 0.365. The van der Waals surface area contributed by atoms with Gasteiger partial charge in [0.2, 0.25) is 5.91 Å². The van der Waals surface area contributed by atoms with Gasteiger partial charge in [-0.25, -0.2) is 0 Å². The lowest BCUT2D eigenvalue weighted by molar-refractivity contribution is -0.150. The van der Waals surface area contributed by atoms with E-state index >= 15 is 0 Å². The van der Waals surface area contributed by atoms with Crippen molar-refractivity contribution < 1.29 is 29.6 Å². The third-order valence-corrected chi connectivity index (χ3v) is 3.68. The van der Waals surface area contributed by atoms with Crippen LogP contribution in [0.2, 0.25) is 0 Å². The Bertz CT molecular complexity index is 474. The number of amides is 2. The molecule has 8 nitrogen and oxygen atoms in total. The molecular formula is C16H28N2O6. The van der Waals surface area contributed by atoms with Crippen LogP contribution in [0.3, 0.4) is 0 Å². The Hall–Kier alpha value is -1.48. The lowest BCUT2D eigenvalue weighted by atomic mass is 9.94. The summed E-state index contributed by atoms with van der Waals surface area (Å²) in [5.74, 6) is -1.03. The van der Waals surface area contributed by atoms with Crippen LogP contribution >= 0.6 is 0 Å². The Morgan fingerprint density at radius 2 is 1.96 bits per heavy atom. The number of aliphatic hydroxyl groups excluding tert-OH is 3. The minimum absolute atomic E-state index is 0.209. The summed E-state index contributed by atoms with van der Waals surface area (Å²) < 4.78 is 4.95. The van der Waals surface area contributed by atoms with Crippen molar-refractivity contribution in [1.29, 1.82) is 0 Å². The normalized spacial score (nSPS) is 23.6. The summed E-state index contributed by atoms with van der Waals surface area (Å²) in [7, 11) is 1.20. The SMILES string of the molecule is CO[C@@H](C(=O)NC1CCNC1=O)[C@H](O)[C@@H](O)[C@H](O)C=CC(C)(C)C. The van der Waals surface area contributed by atoms with Crippen LogP contribution in [0.5, 0.6) is 0 Å². The first-order chi connectivity index (χ1) is 11.1. The van der Waals surface area contributed by atoms with Crippen molar-refractivity contribution in [2.45, 2.75) is 57.6 Å². The monoisotopic (exact) mass is 344 g/mol. The number of aliphatic hydroxyl groups is 3. The molecule has 0 aromatic rings. The average Bonchev–Trinajstić information content (AvgIpc) is 2.89. The number of nitrogens with one attached hydrogen (secondary N) is 2. The van der Waals surface area contributed by atoms with E-state index in [1.54, 1.807) is 6.08 Å². The summed E-state index contributed by atoms with van der Waals surface area (Å²) in [6.45, 7) is 6.20. The van der Waals surface area contributed by atoms with E-state index in [0.29, 0.717) is 13.0 Å². The molecule has 0 aromatic carbocycles. The second-order valence-electron chi connectivity index (χ2n) is 6.99. The molecule has 5 atom stereocenters. The number of methoxy groups -OCH3 is 1. The van der Waals surface area contributed by atoms with Gasteiger partial charge in [-0.2, -0.15) is 0 Å². The van der Waals surface area contributed by atoms with Gasteiger partial charge in [-0.05, 0) is 11.8 Å². The largest absolute Gasteiger partial charge is 0.387 e. The summed E-state index contributed by atoms with van der Waals surface area (Å²) in [4.78, 5) is 23.7. The summed E-state index contributed by atoms with van der Waals surface area (Å²) in [6, 6.07) is -0.690. The number of carbonyl (C=O) groups excluding carboxylic acids is 2. The molecule has 1 unspecified atom stereocenters. The molecule has 24 heavy (non-hydrogen) atoms. The van der Waals surface area contributed by atoms with E-state index in [9.17, 15) is 24.9 Å². The van der Waals surface area contributed by atoms with E-state index in [-0.39, 0.29) is 11.3 Å². The van der Waals surface area contributed by atoms with Gasteiger partial charge in [0.05, 0.1) is 0 Å². The fourth-order valence-electron chi connectivity index (χ4n) is 2.27. The van der Waals surface area contributed by atoms with Gasteiger partial charge in [0, 0.05) is 13.7 Å². The standard InChI is InChI=1S/C16H28N2O6/c1-16(2,3)7-5-10(19)11(20)12(21)13(24-4)15(23)18-9-6-8-17-14(9)22/h5,7,9-13,19-21H,6,8H2,1-4H3,(H,17,22)(H,18,23)/t9?,10-,11+,12-,13-/m1/s1. The maximum atomic E-state index is 12.2. The minimum atomic E-state index is -1.65. The van der Waals surface area contributed by atoms with Gasteiger partial charge < -0.3 is 30.7 Å². The Morgan fingerprint density at radius 3 is 2.42 bits per heavy atom. The molecule has 0 aromatic heterocycles. The predicted octanol–water partition coefficient (Wildman–Crippen LogP) is -1.31. The van der Waals surface area contributed by atoms with Crippen molar-refractivity contribution in [3.63, 3.8) is 0 Å². The highest BCUT2D eigenvalue weighted by molar-refractivity contribution is 5.90.